The summed E-state index contributed by atoms with van der Waals surface area (Å²) >= 11 is 0. The topological polar surface area (TPSA) is 121 Å². The van der Waals surface area contributed by atoms with E-state index in [2.05, 4.69) is 0 Å². The Morgan fingerprint density at radius 1 is 1.33 bits per heavy atom. The Morgan fingerprint density at radius 2 is 2.04 bits per heavy atom. The van der Waals surface area contributed by atoms with Crippen molar-refractivity contribution in [3.05, 3.63) is 61.8 Å². The van der Waals surface area contributed by atoms with Crippen molar-refractivity contribution in [2.75, 3.05) is 11.5 Å². The zero-order valence-corrected chi connectivity index (χ0v) is 15.7. The minimum absolute atomic E-state index is 0.0430. The minimum Gasteiger partial charge on any atom is -0.344 e. The smallest absolute Gasteiger partial charge is 0.285 e. The Bertz CT molecular complexity index is 1100. The quantitative estimate of drug-likeness (QED) is 0.430. The van der Waals surface area contributed by atoms with Crippen LogP contribution in [0.5, 0.6) is 0 Å². The number of nitrogens with zero attached hydrogens (tertiary/aromatic N) is 3. The molecule has 0 amide bonds. The number of Topliss-reactive ketones (excluding diaryl/α,β-unsaturated/α-hetero) is 1. The summed E-state index contributed by atoms with van der Waals surface area (Å²) < 4.78 is 26.4. The molecule has 1 aliphatic rings. The maximum Gasteiger partial charge on any atom is 0.285 e. The number of hydrogen-bond donors (Lipinski definition) is 0. The van der Waals surface area contributed by atoms with Gasteiger partial charge in [0.05, 0.1) is 29.2 Å². The first-order valence-corrected chi connectivity index (χ1v) is 10.2. The molecule has 3 rings (SSSR count). The molecule has 1 unspecified atom stereocenters. The van der Waals surface area contributed by atoms with Crippen LogP contribution in [0, 0.1) is 24.0 Å². The van der Waals surface area contributed by atoms with Crippen molar-refractivity contribution in [2.24, 2.45) is 0 Å². The van der Waals surface area contributed by atoms with Gasteiger partial charge in [0.1, 0.15) is 0 Å². The highest BCUT2D eigenvalue weighted by atomic mass is 32.2. The monoisotopic (exact) mass is 393 g/mol. The second-order valence-corrected chi connectivity index (χ2v) is 8.97. The molecule has 0 bridgehead atoms. The number of nitro groups is 1. The predicted octanol–water partition coefficient (Wildman–Crippen LogP) is 1.42. The number of hydrogen-bond acceptors (Lipinski definition) is 6. The van der Waals surface area contributed by atoms with Gasteiger partial charge < -0.3 is 9.13 Å². The molecule has 10 heteroatoms. The van der Waals surface area contributed by atoms with Gasteiger partial charge in [-0.1, -0.05) is 0 Å². The molecule has 27 heavy (non-hydrogen) atoms. The molecule has 0 saturated carbocycles. The third-order valence-electron chi connectivity index (χ3n) is 4.85. The highest BCUT2D eigenvalue weighted by molar-refractivity contribution is 7.91. The van der Waals surface area contributed by atoms with Crippen LogP contribution in [-0.4, -0.2) is 39.8 Å². The average Bonchev–Trinajstić information content (AvgIpc) is 3.07. The lowest BCUT2D eigenvalue weighted by atomic mass is 10.1. The van der Waals surface area contributed by atoms with Gasteiger partial charge in [0, 0.05) is 35.1 Å². The summed E-state index contributed by atoms with van der Waals surface area (Å²) in [5.41, 5.74) is 1.01. The molecule has 0 N–H and O–H groups in total. The second kappa shape index (κ2) is 6.76. The van der Waals surface area contributed by atoms with Gasteiger partial charge in [-0.15, -0.1) is 0 Å². The van der Waals surface area contributed by atoms with Gasteiger partial charge in [0.25, 0.3) is 11.2 Å². The molecule has 1 saturated heterocycles. The predicted molar refractivity (Wildman–Crippen MR) is 97.9 cm³/mol. The molecule has 1 fully saturated rings. The SMILES string of the molecule is Cc1cc(C(=O)Cn2cc([N+](=O)[O-])ccc2=O)c(C)n1C1CCS(=O)(=O)C1. The van der Waals surface area contributed by atoms with E-state index in [1.165, 1.54) is 0 Å². The van der Waals surface area contributed by atoms with Gasteiger partial charge in [-0.2, -0.15) is 0 Å². The fourth-order valence-corrected chi connectivity index (χ4v) is 5.29. The summed E-state index contributed by atoms with van der Waals surface area (Å²) in [4.78, 5) is 34.9. The Morgan fingerprint density at radius 3 is 2.63 bits per heavy atom. The van der Waals surface area contributed by atoms with E-state index in [0.717, 1.165) is 28.6 Å². The Labute approximate surface area is 155 Å². The first-order chi connectivity index (χ1) is 12.6. The standard InChI is InChI=1S/C17H19N3O6S/c1-11-7-15(12(2)19(11)14-5-6-27(25,26)10-14)16(21)9-18-8-13(20(23)24)3-4-17(18)22/h3-4,7-8,14H,5-6,9-10H2,1-2H3. The number of ketones is 1. The summed E-state index contributed by atoms with van der Waals surface area (Å²) in [5, 5.41) is 10.9. The van der Waals surface area contributed by atoms with Crippen LogP contribution in [0.1, 0.15) is 34.2 Å². The largest absolute Gasteiger partial charge is 0.344 e. The highest BCUT2D eigenvalue weighted by Crippen LogP contribution is 2.29. The molecule has 0 aromatic carbocycles. The molecule has 2 aromatic heterocycles. The zero-order valence-electron chi connectivity index (χ0n) is 14.9. The molecule has 0 spiro atoms. The molecule has 1 aliphatic heterocycles. The van der Waals surface area contributed by atoms with E-state index in [0.29, 0.717) is 17.7 Å². The maximum absolute atomic E-state index is 12.7. The normalized spacial score (nSPS) is 18.5. The van der Waals surface area contributed by atoms with Crippen molar-refractivity contribution < 1.29 is 18.1 Å². The molecule has 0 aliphatic carbocycles. The van der Waals surface area contributed by atoms with Crippen molar-refractivity contribution in [1.82, 2.24) is 9.13 Å². The minimum atomic E-state index is -3.07. The Kier molecular flexibility index (Phi) is 4.77. The third kappa shape index (κ3) is 3.70. The zero-order chi connectivity index (χ0) is 19.9. The summed E-state index contributed by atoms with van der Waals surface area (Å²) in [5.74, 6) is -0.194. The number of aromatic nitrogens is 2. The lowest BCUT2D eigenvalue weighted by Gasteiger charge is -2.16. The Hall–Kier alpha value is -2.75. The van der Waals surface area contributed by atoms with Crippen molar-refractivity contribution >= 4 is 21.3 Å². The van der Waals surface area contributed by atoms with E-state index >= 15 is 0 Å². The summed E-state index contributed by atoms with van der Waals surface area (Å²) in [6.45, 7) is 3.21. The number of rotatable bonds is 5. The lowest BCUT2D eigenvalue weighted by Crippen LogP contribution is -2.23. The number of carbonyl (C=O) groups excluding carboxylic acids is 1. The van der Waals surface area contributed by atoms with Crippen LogP contribution in [0.15, 0.2) is 29.2 Å². The maximum atomic E-state index is 12.7. The van der Waals surface area contributed by atoms with Crippen LogP contribution in [0.2, 0.25) is 0 Å². The van der Waals surface area contributed by atoms with E-state index in [-0.39, 0.29) is 35.6 Å². The number of sulfone groups is 1. The van der Waals surface area contributed by atoms with Gasteiger partial charge in [0.15, 0.2) is 15.6 Å². The number of aryl methyl sites for hydroxylation is 1. The molecular weight excluding hydrogens is 374 g/mol. The van der Waals surface area contributed by atoms with Crippen LogP contribution in [0.4, 0.5) is 5.69 Å². The van der Waals surface area contributed by atoms with Gasteiger partial charge in [0.2, 0.25) is 0 Å². The van der Waals surface area contributed by atoms with Crippen molar-refractivity contribution in [2.45, 2.75) is 32.9 Å². The molecule has 1 atom stereocenters. The molecule has 2 aromatic rings. The highest BCUT2D eigenvalue weighted by Gasteiger charge is 2.31. The van der Waals surface area contributed by atoms with E-state index in [1.54, 1.807) is 19.9 Å². The summed E-state index contributed by atoms with van der Waals surface area (Å²) in [7, 11) is -3.07. The molecule has 0 radical (unpaired) electrons. The van der Waals surface area contributed by atoms with Crippen molar-refractivity contribution in [3.8, 4) is 0 Å². The molecule has 3 heterocycles. The first-order valence-electron chi connectivity index (χ1n) is 8.36. The van der Waals surface area contributed by atoms with Crippen LogP contribution in [0.3, 0.4) is 0 Å². The molecule has 144 valence electrons. The van der Waals surface area contributed by atoms with Gasteiger partial charge >= 0.3 is 0 Å². The third-order valence-corrected chi connectivity index (χ3v) is 6.60. The fourth-order valence-electron chi connectivity index (χ4n) is 3.59. The van der Waals surface area contributed by atoms with Crippen molar-refractivity contribution in [1.29, 1.82) is 0 Å². The number of pyridine rings is 1. The average molecular weight is 393 g/mol. The number of carbonyl (C=O) groups is 1. The second-order valence-electron chi connectivity index (χ2n) is 6.75. The van der Waals surface area contributed by atoms with E-state index in [1.807, 2.05) is 4.57 Å². The molecular formula is C17H19N3O6S. The summed E-state index contributed by atoms with van der Waals surface area (Å²) in [6.07, 6.45) is 1.54. The van der Waals surface area contributed by atoms with Gasteiger partial charge in [-0.05, 0) is 26.3 Å². The van der Waals surface area contributed by atoms with Crippen LogP contribution < -0.4 is 5.56 Å². The molecule has 9 nitrogen and oxygen atoms in total. The van der Waals surface area contributed by atoms with E-state index in [9.17, 15) is 28.1 Å². The van der Waals surface area contributed by atoms with Crippen molar-refractivity contribution in [3.63, 3.8) is 0 Å². The van der Waals surface area contributed by atoms with E-state index < -0.39 is 20.3 Å². The van der Waals surface area contributed by atoms with E-state index in [4.69, 9.17) is 0 Å². The Balaban J connectivity index is 1.91. The summed E-state index contributed by atoms with van der Waals surface area (Å²) in [6, 6.07) is 3.61. The first kappa shape index (κ1) is 19.0. The van der Waals surface area contributed by atoms with Crippen LogP contribution in [-0.2, 0) is 16.4 Å². The van der Waals surface area contributed by atoms with Crippen LogP contribution >= 0.6 is 0 Å². The lowest BCUT2D eigenvalue weighted by molar-refractivity contribution is -0.385. The fraction of sp³-hybridized carbons (Fsp3) is 0.412. The van der Waals surface area contributed by atoms with Gasteiger partial charge in [-0.25, -0.2) is 8.42 Å². The van der Waals surface area contributed by atoms with Gasteiger partial charge in [-0.3, -0.25) is 19.7 Å². The van der Waals surface area contributed by atoms with Crippen LogP contribution in [0.25, 0.3) is 0 Å².